The van der Waals surface area contributed by atoms with Gasteiger partial charge in [-0.2, -0.15) is 0 Å². The zero-order chi connectivity index (χ0) is 12.3. The minimum atomic E-state index is -0.170. The summed E-state index contributed by atoms with van der Waals surface area (Å²) in [7, 11) is 0. The third kappa shape index (κ3) is 2.49. The van der Waals surface area contributed by atoms with Crippen molar-refractivity contribution in [2.45, 2.75) is 19.9 Å². The molecule has 0 aliphatic carbocycles. The minimum absolute atomic E-state index is 0.170. The maximum atomic E-state index is 5.61. The predicted octanol–water partition coefficient (Wildman–Crippen LogP) is 1.65. The second kappa shape index (κ2) is 5.03. The summed E-state index contributed by atoms with van der Waals surface area (Å²) in [6, 6.07) is 7.87. The third-order valence-electron chi connectivity index (χ3n) is 2.75. The first-order valence-electron chi connectivity index (χ1n) is 5.52. The number of hydrogen-bond donors (Lipinski definition) is 2. The Kier molecular flexibility index (Phi) is 3.46. The predicted molar refractivity (Wildman–Crippen MR) is 67.1 cm³/mol. The van der Waals surface area contributed by atoms with Crippen LogP contribution in [0, 0.1) is 13.8 Å². The second-order valence-corrected chi connectivity index (χ2v) is 4.07. The van der Waals surface area contributed by atoms with Crippen LogP contribution < -0.4 is 11.3 Å². The van der Waals surface area contributed by atoms with Gasteiger partial charge in [-0.15, -0.1) is 0 Å². The number of nitrogens with zero attached hydrogens (tertiary/aromatic N) is 2. The summed E-state index contributed by atoms with van der Waals surface area (Å²) in [6.45, 7) is 4.14. The van der Waals surface area contributed by atoms with Gasteiger partial charge in [-0.1, -0.05) is 23.8 Å². The Balaban J connectivity index is 2.42. The normalized spacial score (nSPS) is 12.4. The van der Waals surface area contributed by atoms with Crippen molar-refractivity contribution in [2.75, 3.05) is 0 Å². The standard InChI is InChI=1S/C13H16N4/c1-9-4-5-11(10(2)8-9)12(17-14)13-15-6-3-7-16-13/h3-8,12,17H,14H2,1-2H3. The highest BCUT2D eigenvalue weighted by Crippen LogP contribution is 2.22. The maximum absolute atomic E-state index is 5.61. The van der Waals surface area contributed by atoms with E-state index in [1.54, 1.807) is 18.5 Å². The molecule has 17 heavy (non-hydrogen) atoms. The van der Waals surface area contributed by atoms with Crippen LogP contribution in [0.15, 0.2) is 36.7 Å². The monoisotopic (exact) mass is 228 g/mol. The van der Waals surface area contributed by atoms with Crippen LogP contribution in [0.1, 0.15) is 28.6 Å². The van der Waals surface area contributed by atoms with Gasteiger partial charge in [0.1, 0.15) is 6.04 Å². The van der Waals surface area contributed by atoms with Gasteiger partial charge < -0.3 is 0 Å². The quantitative estimate of drug-likeness (QED) is 0.619. The first kappa shape index (κ1) is 11.7. The fraction of sp³-hybridized carbons (Fsp3) is 0.231. The lowest BCUT2D eigenvalue weighted by Gasteiger charge is -2.17. The number of hydrogen-bond acceptors (Lipinski definition) is 4. The SMILES string of the molecule is Cc1ccc(C(NN)c2ncccn2)c(C)c1. The molecule has 1 heterocycles. The van der Waals surface area contributed by atoms with Gasteiger partial charge in [-0.3, -0.25) is 5.84 Å². The molecule has 0 radical (unpaired) electrons. The molecule has 0 fully saturated rings. The van der Waals surface area contributed by atoms with Crippen LogP contribution in [0.4, 0.5) is 0 Å². The van der Waals surface area contributed by atoms with Crippen molar-refractivity contribution in [3.8, 4) is 0 Å². The molecule has 0 aliphatic rings. The van der Waals surface area contributed by atoms with E-state index >= 15 is 0 Å². The van der Waals surface area contributed by atoms with Crippen molar-refractivity contribution in [3.05, 3.63) is 59.2 Å². The van der Waals surface area contributed by atoms with Crippen LogP contribution >= 0.6 is 0 Å². The lowest BCUT2D eigenvalue weighted by atomic mass is 9.99. The van der Waals surface area contributed by atoms with Crippen molar-refractivity contribution in [1.29, 1.82) is 0 Å². The summed E-state index contributed by atoms with van der Waals surface area (Å²) in [5.41, 5.74) is 6.28. The Bertz CT molecular complexity index is 496. The van der Waals surface area contributed by atoms with Crippen LogP contribution in [0.3, 0.4) is 0 Å². The van der Waals surface area contributed by atoms with Crippen LogP contribution in [0.2, 0.25) is 0 Å². The average Bonchev–Trinajstić information content (AvgIpc) is 2.34. The van der Waals surface area contributed by atoms with Crippen LogP contribution in [-0.4, -0.2) is 9.97 Å². The molecule has 88 valence electrons. The van der Waals surface area contributed by atoms with E-state index in [0.29, 0.717) is 5.82 Å². The largest absolute Gasteiger partial charge is 0.270 e. The van der Waals surface area contributed by atoms with E-state index in [-0.39, 0.29) is 6.04 Å². The summed E-state index contributed by atoms with van der Waals surface area (Å²) in [5.74, 6) is 6.30. The van der Waals surface area contributed by atoms with E-state index in [1.807, 2.05) is 0 Å². The molecule has 4 nitrogen and oxygen atoms in total. The molecule has 2 aromatic rings. The van der Waals surface area contributed by atoms with E-state index in [4.69, 9.17) is 5.84 Å². The Morgan fingerprint density at radius 1 is 1.18 bits per heavy atom. The number of benzene rings is 1. The van der Waals surface area contributed by atoms with Gasteiger partial charge in [0, 0.05) is 12.4 Å². The fourth-order valence-corrected chi connectivity index (χ4v) is 1.91. The van der Waals surface area contributed by atoms with E-state index < -0.39 is 0 Å². The molecule has 0 spiro atoms. The second-order valence-electron chi connectivity index (χ2n) is 4.07. The highest BCUT2D eigenvalue weighted by Gasteiger charge is 2.16. The molecule has 0 saturated carbocycles. The number of aromatic nitrogens is 2. The van der Waals surface area contributed by atoms with Crippen LogP contribution in [0.25, 0.3) is 0 Å². The molecule has 0 saturated heterocycles. The van der Waals surface area contributed by atoms with E-state index in [9.17, 15) is 0 Å². The Morgan fingerprint density at radius 2 is 1.88 bits per heavy atom. The molecular weight excluding hydrogens is 212 g/mol. The molecule has 0 amide bonds. The summed E-state index contributed by atoms with van der Waals surface area (Å²) in [5, 5.41) is 0. The molecule has 0 aliphatic heterocycles. The zero-order valence-corrected chi connectivity index (χ0v) is 10.0. The van der Waals surface area contributed by atoms with Crippen molar-refractivity contribution in [2.24, 2.45) is 5.84 Å². The molecule has 1 aromatic heterocycles. The number of nitrogens with two attached hydrogens (primary N) is 1. The zero-order valence-electron chi connectivity index (χ0n) is 10.0. The Labute approximate surface area is 101 Å². The summed E-state index contributed by atoms with van der Waals surface area (Å²) < 4.78 is 0. The first-order chi connectivity index (χ1) is 8.22. The summed E-state index contributed by atoms with van der Waals surface area (Å²) in [4.78, 5) is 8.47. The number of rotatable bonds is 3. The molecule has 1 unspecified atom stereocenters. The van der Waals surface area contributed by atoms with E-state index in [1.165, 1.54) is 11.1 Å². The lowest BCUT2D eigenvalue weighted by Crippen LogP contribution is -2.30. The van der Waals surface area contributed by atoms with Gasteiger partial charge in [0.2, 0.25) is 0 Å². The smallest absolute Gasteiger partial charge is 0.150 e. The number of hydrazine groups is 1. The van der Waals surface area contributed by atoms with Crippen LogP contribution in [-0.2, 0) is 0 Å². The molecule has 4 heteroatoms. The lowest BCUT2D eigenvalue weighted by molar-refractivity contribution is 0.598. The van der Waals surface area contributed by atoms with Gasteiger partial charge in [-0.25, -0.2) is 15.4 Å². The molecular formula is C13H16N4. The van der Waals surface area contributed by atoms with Crippen molar-refractivity contribution in [3.63, 3.8) is 0 Å². The Morgan fingerprint density at radius 3 is 2.47 bits per heavy atom. The van der Waals surface area contributed by atoms with Gasteiger partial charge >= 0.3 is 0 Å². The summed E-state index contributed by atoms with van der Waals surface area (Å²) in [6.07, 6.45) is 3.44. The van der Waals surface area contributed by atoms with E-state index in [0.717, 1.165) is 5.56 Å². The van der Waals surface area contributed by atoms with Crippen LogP contribution in [0.5, 0.6) is 0 Å². The topological polar surface area (TPSA) is 63.8 Å². The third-order valence-corrected chi connectivity index (χ3v) is 2.75. The Hall–Kier alpha value is -1.78. The van der Waals surface area contributed by atoms with E-state index in [2.05, 4.69) is 47.4 Å². The number of nitrogens with one attached hydrogen (secondary N) is 1. The maximum Gasteiger partial charge on any atom is 0.150 e. The van der Waals surface area contributed by atoms with Crippen molar-refractivity contribution < 1.29 is 0 Å². The highest BCUT2D eigenvalue weighted by molar-refractivity contribution is 5.35. The van der Waals surface area contributed by atoms with Gasteiger partial charge in [0.15, 0.2) is 5.82 Å². The molecule has 3 N–H and O–H groups in total. The first-order valence-corrected chi connectivity index (χ1v) is 5.52. The van der Waals surface area contributed by atoms with Gasteiger partial charge in [0.05, 0.1) is 0 Å². The minimum Gasteiger partial charge on any atom is -0.270 e. The highest BCUT2D eigenvalue weighted by atomic mass is 15.2. The molecule has 1 aromatic carbocycles. The van der Waals surface area contributed by atoms with Gasteiger partial charge in [-0.05, 0) is 31.0 Å². The fourth-order valence-electron chi connectivity index (χ4n) is 1.91. The number of aryl methyl sites for hydroxylation is 2. The van der Waals surface area contributed by atoms with Crippen molar-refractivity contribution in [1.82, 2.24) is 15.4 Å². The molecule has 2 rings (SSSR count). The molecule has 1 atom stereocenters. The van der Waals surface area contributed by atoms with Crippen molar-refractivity contribution >= 4 is 0 Å². The van der Waals surface area contributed by atoms with Gasteiger partial charge in [0.25, 0.3) is 0 Å². The average molecular weight is 228 g/mol. The summed E-state index contributed by atoms with van der Waals surface area (Å²) >= 11 is 0. The molecule has 0 bridgehead atoms.